The van der Waals surface area contributed by atoms with Crippen molar-refractivity contribution >= 4 is 15.7 Å². The van der Waals surface area contributed by atoms with E-state index in [1.54, 1.807) is 19.1 Å². The highest BCUT2D eigenvalue weighted by molar-refractivity contribution is 7.90. The molecule has 0 radical (unpaired) electrons. The number of nitrogens with one attached hydrogen (secondary N) is 1. The van der Waals surface area contributed by atoms with Crippen LogP contribution in [-0.4, -0.2) is 48.8 Å². The number of carbonyl (C=O) groups excluding carboxylic acids is 1. The molecule has 1 aliphatic heterocycles. The van der Waals surface area contributed by atoms with Crippen LogP contribution in [0.3, 0.4) is 0 Å². The monoisotopic (exact) mass is 442 g/mol. The van der Waals surface area contributed by atoms with E-state index in [1.807, 2.05) is 42.5 Å². The molecule has 1 saturated carbocycles. The van der Waals surface area contributed by atoms with Crippen molar-refractivity contribution in [2.45, 2.75) is 55.3 Å². The maximum atomic E-state index is 12.6. The molecule has 2 aromatic rings. The van der Waals surface area contributed by atoms with Crippen molar-refractivity contribution in [2.24, 2.45) is 5.92 Å². The van der Waals surface area contributed by atoms with E-state index < -0.39 is 21.5 Å². The molecule has 31 heavy (non-hydrogen) atoms. The molecule has 2 N–H and O–H groups in total. The average Bonchev–Trinajstić information content (AvgIpc) is 3.56. The number of benzene rings is 2. The van der Waals surface area contributed by atoms with Gasteiger partial charge in [-0.25, -0.2) is 8.42 Å². The first-order chi connectivity index (χ1) is 14.6. The number of carbonyl (C=O) groups is 1. The molecule has 2 aliphatic rings. The van der Waals surface area contributed by atoms with Crippen LogP contribution < -0.4 is 5.32 Å². The average molecular weight is 443 g/mol. The van der Waals surface area contributed by atoms with Gasteiger partial charge in [0.1, 0.15) is 0 Å². The Bertz CT molecular complexity index is 1030. The van der Waals surface area contributed by atoms with Gasteiger partial charge in [0, 0.05) is 25.3 Å². The molecule has 1 heterocycles. The van der Waals surface area contributed by atoms with Crippen LogP contribution in [-0.2, 0) is 21.2 Å². The lowest BCUT2D eigenvalue weighted by Gasteiger charge is -2.49. The van der Waals surface area contributed by atoms with Crippen molar-refractivity contribution in [3.05, 3.63) is 65.7 Å². The van der Waals surface area contributed by atoms with Gasteiger partial charge in [-0.15, -0.1) is 0 Å². The highest BCUT2D eigenvalue weighted by Gasteiger charge is 2.47. The molecule has 1 saturated heterocycles. The molecule has 2 aromatic carbocycles. The maximum Gasteiger partial charge on any atom is 0.223 e. The van der Waals surface area contributed by atoms with Gasteiger partial charge in [0.15, 0.2) is 9.84 Å². The second-order valence-corrected chi connectivity index (χ2v) is 11.1. The zero-order valence-corrected chi connectivity index (χ0v) is 18.8. The first kappa shape index (κ1) is 22.0. The third-order valence-electron chi connectivity index (χ3n) is 6.41. The number of piperidine rings is 1. The number of nitrogens with zero attached hydrogens (tertiary/aromatic N) is 1. The molecular formula is C24H30N2O4S. The molecule has 0 spiro atoms. The maximum absolute atomic E-state index is 12.6. The second-order valence-electron chi connectivity index (χ2n) is 9.11. The minimum atomic E-state index is -3.24. The molecule has 3 atom stereocenters. The lowest BCUT2D eigenvalue weighted by molar-refractivity contribution is -0.130. The van der Waals surface area contributed by atoms with Crippen LogP contribution >= 0.6 is 0 Å². The van der Waals surface area contributed by atoms with Crippen molar-refractivity contribution in [2.75, 3.05) is 12.8 Å². The molecule has 1 amide bonds. The molecule has 6 nitrogen and oxygen atoms in total. The topological polar surface area (TPSA) is 86.7 Å². The van der Waals surface area contributed by atoms with Crippen molar-refractivity contribution in [3.63, 3.8) is 0 Å². The number of sulfone groups is 1. The number of amides is 1. The van der Waals surface area contributed by atoms with Gasteiger partial charge < -0.3 is 10.4 Å². The van der Waals surface area contributed by atoms with Gasteiger partial charge in [-0.05, 0) is 49.4 Å². The Kier molecular flexibility index (Phi) is 5.94. The van der Waals surface area contributed by atoms with E-state index in [2.05, 4.69) is 10.2 Å². The summed E-state index contributed by atoms with van der Waals surface area (Å²) in [4.78, 5) is 15.2. The molecule has 4 rings (SSSR count). The Labute approximate surface area is 184 Å². The number of hydrogen-bond donors (Lipinski definition) is 2. The molecule has 0 aromatic heterocycles. The smallest absolute Gasteiger partial charge is 0.223 e. The fourth-order valence-corrected chi connectivity index (χ4v) is 5.00. The Morgan fingerprint density at radius 2 is 1.77 bits per heavy atom. The summed E-state index contributed by atoms with van der Waals surface area (Å²) in [6.45, 7) is 3.06. The summed E-state index contributed by atoms with van der Waals surface area (Å²) in [7, 11) is -3.24. The molecule has 7 heteroatoms. The predicted molar refractivity (Wildman–Crippen MR) is 119 cm³/mol. The number of likely N-dealkylation sites (tertiary alicyclic amines) is 1. The quantitative estimate of drug-likeness (QED) is 0.718. The SMILES string of the molecule is C[C@@]1(O)CCN(Cc2ccc(S(C)(=O)=O)cc2)[C@@H](c2ccccc2)[C@@H]1NC(=O)C1CC1. The standard InChI is InChI=1S/C24H30N2O4S/c1-24(28)14-15-26(16-17-8-12-20(13-9-17)31(2,29)30)21(18-6-4-3-5-7-18)22(24)25-23(27)19-10-11-19/h3-9,12-13,19,21-22,28H,10-11,14-16H2,1-2H3,(H,25,27)/t21-,22-,24+/m0/s1. The van der Waals surface area contributed by atoms with Crippen molar-refractivity contribution in [3.8, 4) is 0 Å². The second kappa shape index (κ2) is 8.37. The van der Waals surface area contributed by atoms with E-state index in [1.165, 1.54) is 6.26 Å². The van der Waals surface area contributed by atoms with Crippen LogP contribution in [0.4, 0.5) is 0 Å². The summed E-state index contributed by atoms with van der Waals surface area (Å²) in [6.07, 6.45) is 3.56. The summed E-state index contributed by atoms with van der Waals surface area (Å²) in [5.74, 6) is 0.0803. The van der Waals surface area contributed by atoms with E-state index in [0.29, 0.717) is 24.4 Å². The molecule has 2 fully saturated rings. The third kappa shape index (κ3) is 5.00. The van der Waals surface area contributed by atoms with E-state index in [0.717, 1.165) is 24.0 Å². The Hall–Kier alpha value is -2.22. The molecule has 0 bridgehead atoms. The Balaban J connectivity index is 1.64. The van der Waals surface area contributed by atoms with E-state index in [4.69, 9.17) is 0 Å². The number of aliphatic hydroxyl groups is 1. The van der Waals surface area contributed by atoms with Gasteiger partial charge >= 0.3 is 0 Å². The van der Waals surface area contributed by atoms with Gasteiger partial charge in [0.05, 0.1) is 22.6 Å². The Morgan fingerprint density at radius 3 is 2.35 bits per heavy atom. The third-order valence-corrected chi connectivity index (χ3v) is 7.54. The van der Waals surface area contributed by atoms with Gasteiger partial charge in [0.2, 0.25) is 5.91 Å². The Morgan fingerprint density at radius 1 is 1.13 bits per heavy atom. The van der Waals surface area contributed by atoms with Gasteiger partial charge in [-0.3, -0.25) is 9.69 Å². The summed E-state index contributed by atoms with van der Waals surface area (Å²) in [5, 5.41) is 14.4. The van der Waals surface area contributed by atoms with Gasteiger partial charge in [0.25, 0.3) is 0 Å². The summed E-state index contributed by atoms with van der Waals surface area (Å²) < 4.78 is 23.5. The van der Waals surface area contributed by atoms with E-state index in [-0.39, 0.29) is 17.9 Å². The zero-order valence-electron chi connectivity index (χ0n) is 18.0. The highest BCUT2D eigenvalue weighted by Crippen LogP contribution is 2.39. The van der Waals surface area contributed by atoms with Crippen LogP contribution in [0.15, 0.2) is 59.5 Å². The summed E-state index contributed by atoms with van der Waals surface area (Å²) >= 11 is 0. The fourth-order valence-electron chi connectivity index (χ4n) is 4.37. The van der Waals surface area contributed by atoms with Gasteiger partial charge in [-0.2, -0.15) is 0 Å². The predicted octanol–water partition coefficient (Wildman–Crippen LogP) is 2.68. The molecular weight excluding hydrogens is 412 g/mol. The van der Waals surface area contributed by atoms with Crippen molar-refractivity contribution < 1.29 is 18.3 Å². The van der Waals surface area contributed by atoms with Crippen molar-refractivity contribution in [1.29, 1.82) is 0 Å². The number of rotatable bonds is 6. The van der Waals surface area contributed by atoms with Crippen LogP contribution in [0, 0.1) is 5.92 Å². The zero-order chi connectivity index (χ0) is 22.2. The first-order valence-corrected chi connectivity index (χ1v) is 12.6. The summed E-state index contributed by atoms with van der Waals surface area (Å²) in [5.41, 5.74) is 1.00. The minimum absolute atomic E-state index is 0.0190. The van der Waals surface area contributed by atoms with E-state index in [9.17, 15) is 18.3 Å². The minimum Gasteiger partial charge on any atom is -0.388 e. The molecule has 166 valence electrons. The lowest BCUT2D eigenvalue weighted by Crippen LogP contribution is -2.62. The van der Waals surface area contributed by atoms with Crippen LogP contribution in [0.5, 0.6) is 0 Å². The van der Waals surface area contributed by atoms with Crippen LogP contribution in [0.2, 0.25) is 0 Å². The van der Waals surface area contributed by atoms with Crippen LogP contribution in [0.1, 0.15) is 43.4 Å². The highest BCUT2D eigenvalue weighted by atomic mass is 32.2. The van der Waals surface area contributed by atoms with Gasteiger partial charge in [-0.1, -0.05) is 42.5 Å². The largest absolute Gasteiger partial charge is 0.388 e. The normalized spacial score (nSPS) is 27.1. The first-order valence-electron chi connectivity index (χ1n) is 10.8. The molecule has 0 unspecified atom stereocenters. The molecule has 1 aliphatic carbocycles. The van der Waals surface area contributed by atoms with Crippen molar-refractivity contribution in [1.82, 2.24) is 10.2 Å². The van der Waals surface area contributed by atoms with E-state index >= 15 is 0 Å². The lowest BCUT2D eigenvalue weighted by atomic mass is 9.79. The summed E-state index contributed by atoms with van der Waals surface area (Å²) in [6, 6.07) is 16.3. The fraction of sp³-hybridized carbons (Fsp3) is 0.458. The van der Waals surface area contributed by atoms with Crippen LogP contribution in [0.25, 0.3) is 0 Å². The number of hydrogen-bond acceptors (Lipinski definition) is 5.